The molecule has 2 N–H and O–H groups in total. The molecule has 0 radical (unpaired) electrons. The van der Waals surface area contributed by atoms with Crippen LogP contribution < -0.4 is 10.2 Å². The van der Waals surface area contributed by atoms with Crippen molar-refractivity contribution >= 4 is 25.8 Å². The van der Waals surface area contributed by atoms with E-state index in [-0.39, 0.29) is 4.90 Å². The SMILES string of the molecule is CN[C@H](C)C(=O)ONS(=O)(=O)c1ccccc1S(C)(=O)=O. The third kappa shape index (κ3) is 4.49. The topological polar surface area (TPSA) is 119 Å². The summed E-state index contributed by atoms with van der Waals surface area (Å²) in [4.78, 5) is 16.6. The fraction of sp³-hybridized carbons (Fsp3) is 0.364. The van der Waals surface area contributed by atoms with Gasteiger partial charge in [0.05, 0.1) is 4.90 Å². The molecule has 1 aromatic carbocycles. The molecule has 0 spiro atoms. The lowest BCUT2D eigenvalue weighted by Crippen LogP contribution is -2.38. The number of rotatable bonds is 6. The van der Waals surface area contributed by atoms with Crippen LogP contribution in [0.1, 0.15) is 6.92 Å². The standard InChI is InChI=1S/C11H16N2O6S2/c1-8(12-2)11(14)19-13-21(17,18)10-7-5-4-6-9(10)20(3,15)16/h4-8,12-13H,1-3H3/t8-/m1/s1. The Bertz CT molecular complexity index is 727. The lowest BCUT2D eigenvalue weighted by molar-refractivity contribution is -0.149. The molecule has 0 aliphatic carbocycles. The zero-order valence-corrected chi connectivity index (χ0v) is 13.3. The average molecular weight is 336 g/mol. The number of benzene rings is 1. The van der Waals surface area contributed by atoms with Crippen molar-refractivity contribution in [3.05, 3.63) is 24.3 Å². The third-order valence-corrected chi connectivity index (χ3v) is 5.10. The molecule has 1 aromatic rings. The lowest BCUT2D eigenvalue weighted by Gasteiger charge is -2.12. The first kappa shape index (κ1) is 17.6. The molecule has 0 aromatic heterocycles. The Morgan fingerprint density at radius 3 is 2.14 bits per heavy atom. The molecule has 21 heavy (non-hydrogen) atoms. The smallest absolute Gasteiger partial charge is 0.342 e. The minimum atomic E-state index is -4.31. The average Bonchev–Trinajstić information content (AvgIpc) is 2.43. The van der Waals surface area contributed by atoms with Crippen molar-refractivity contribution in [3.63, 3.8) is 0 Å². The maximum Gasteiger partial charge on any atom is 0.342 e. The van der Waals surface area contributed by atoms with E-state index in [0.717, 1.165) is 18.4 Å². The summed E-state index contributed by atoms with van der Waals surface area (Å²) in [5, 5.41) is 2.57. The van der Waals surface area contributed by atoms with E-state index in [2.05, 4.69) is 10.2 Å². The van der Waals surface area contributed by atoms with Crippen molar-refractivity contribution in [2.75, 3.05) is 13.3 Å². The summed E-state index contributed by atoms with van der Waals surface area (Å²) in [5.41, 5.74) is 0. The number of hydrogen-bond donors (Lipinski definition) is 2. The van der Waals surface area contributed by atoms with Gasteiger partial charge < -0.3 is 10.2 Å². The predicted octanol–water partition coefficient (Wildman–Crippen LogP) is -0.565. The number of likely N-dealkylation sites (N-methyl/N-ethyl adjacent to an activating group) is 1. The first-order chi connectivity index (χ1) is 9.59. The summed E-state index contributed by atoms with van der Waals surface area (Å²) in [7, 11) is -6.56. The largest absolute Gasteiger partial charge is 0.354 e. The molecule has 0 saturated carbocycles. The summed E-state index contributed by atoms with van der Waals surface area (Å²) in [6.45, 7) is 1.47. The molecule has 0 fully saturated rings. The van der Waals surface area contributed by atoms with Gasteiger partial charge in [-0.1, -0.05) is 12.1 Å². The highest BCUT2D eigenvalue weighted by Gasteiger charge is 2.25. The molecule has 0 amide bonds. The zero-order chi connectivity index (χ0) is 16.3. The number of sulfone groups is 1. The van der Waals surface area contributed by atoms with Crippen LogP contribution in [0.4, 0.5) is 0 Å². The number of sulfonamides is 1. The van der Waals surface area contributed by atoms with Gasteiger partial charge in [0, 0.05) is 6.26 Å². The van der Waals surface area contributed by atoms with E-state index in [1.807, 2.05) is 0 Å². The minimum Gasteiger partial charge on any atom is -0.354 e. The zero-order valence-electron chi connectivity index (χ0n) is 11.7. The van der Waals surface area contributed by atoms with Gasteiger partial charge in [-0.15, -0.1) is 0 Å². The number of carbonyl (C=O) groups excluding carboxylic acids is 1. The Balaban J connectivity index is 3.08. The van der Waals surface area contributed by atoms with Crippen molar-refractivity contribution in [2.45, 2.75) is 22.8 Å². The summed E-state index contributed by atoms with van der Waals surface area (Å²) in [6, 6.07) is 4.29. The van der Waals surface area contributed by atoms with Gasteiger partial charge in [0.1, 0.15) is 10.9 Å². The number of nitrogens with one attached hydrogen (secondary N) is 2. The van der Waals surface area contributed by atoms with Crippen LogP contribution in [-0.4, -0.2) is 42.2 Å². The quantitative estimate of drug-likeness (QED) is 0.668. The molecular weight excluding hydrogens is 320 g/mol. The Hall–Kier alpha value is -1.49. The van der Waals surface area contributed by atoms with Gasteiger partial charge in [-0.2, -0.15) is 0 Å². The van der Waals surface area contributed by atoms with E-state index in [9.17, 15) is 21.6 Å². The molecule has 1 rings (SSSR count). The van der Waals surface area contributed by atoms with Crippen LogP contribution in [-0.2, 0) is 29.5 Å². The van der Waals surface area contributed by atoms with Crippen LogP contribution in [0.25, 0.3) is 0 Å². The molecule has 10 heteroatoms. The van der Waals surface area contributed by atoms with Crippen LogP contribution in [0.15, 0.2) is 34.1 Å². The first-order valence-electron chi connectivity index (χ1n) is 5.78. The van der Waals surface area contributed by atoms with Crippen LogP contribution in [0.2, 0.25) is 0 Å². The second kappa shape index (κ2) is 6.52. The number of hydrogen-bond acceptors (Lipinski definition) is 7. The molecule has 1 atom stereocenters. The van der Waals surface area contributed by atoms with E-state index in [1.165, 1.54) is 26.1 Å². The molecule has 0 unspecified atom stereocenters. The normalized spacial score (nSPS) is 13.7. The van der Waals surface area contributed by atoms with E-state index in [4.69, 9.17) is 0 Å². The maximum atomic E-state index is 12.0. The van der Waals surface area contributed by atoms with E-state index < -0.39 is 36.8 Å². The summed E-state index contributed by atoms with van der Waals surface area (Å²) < 4.78 is 47.2. The Kier molecular flexibility index (Phi) is 5.45. The van der Waals surface area contributed by atoms with Crippen molar-refractivity contribution < 1.29 is 26.5 Å². The van der Waals surface area contributed by atoms with Crippen molar-refractivity contribution in [1.82, 2.24) is 10.2 Å². The maximum absolute atomic E-state index is 12.0. The lowest BCUT2D eigenvalue weighted by atomic mass is 10.4. The Morgan fingerprint density at radius 2 is 1.67 bits per heavy atom. The van der Waals surface area contributed by atoms with Gasteiger partial charge in [0.25, 0.3) is 10.0 Å². The molecule has 8 nitrogen and oxygen atoms in total. The fourth-order valence-corrected chi connectivity index (χ4v) is 3.74. The van der Waals surface area contributed by atoms with Crippen LogP contribution in [0.3, 0.4) is 0 Å². The summed E-state index contributed by atoms with van der Waals surface area (Å²) in [5.74, 6) is -0.849. The van der Waals surface area contributed by atoms with Crippen molar-refractivity contribution in [1.29, 1.82) is 0 Å². The van der Waals surface area contributed by atoms with Crippen LogP contribution in [0, 0.1) is 0 Å². The van der Waals surface area contributed by atoms with E-state index >= 15 is 0 Å². The number of carbonyl (C=O) groups is 1. The highest BCUT2D eigenvalue weighted by Crippen LogP contribution is 2.20. The molecule has 0 aliphatic rings. The molecule has 0 heterocycles. The fourth-order valence-electron chi connectivity index (χ4n) is 1.33. The molecular formula is C11H16N2O6S2. The van der Waals surface area contributed by atoms with Crippen molar-refractivity contribution in [3.8, 4) is 0 Å². The predicted molar refractivity (Wildman–Crippen MR) is 74.5 cm³/mol. The van der Waals surface area contributed by atoms with E-state index in [1.54, 1.807) is 4.89 Å². The molecule has 118 valence electrons. The molecule has 0 aliphatic heterocycles. The molecule has 0 saturated heterocycles. The first-order valence-corrected chi connectivity index (χ1v) is 9.16. The summed E-state index contributed by atoms with van der Waals surface area (Å²) >= 11 is 0. The van der Waals surface area contributed by atoms with Gasteiger partial charge in [-0.25, -0.2) is 21.6 Å². The van der Waals surface area contributed by atoms with Gasteiger partial charge in [-0.05, 0) is 31.0 Å². The Morgan fingerprint density at radius 1 is 1.14 bits per heavy atom. The highest BCUT2D eigenvalue weighted by molar-refractivity contribution is 7.93. The highest BCUT2D eigenvalue weighted by atomic mass is 32.2. The second-order valence-corrected chi connectivity index (χ2v) is 7.83. The van der Waals surface area contributed by atoms with Crippen LogP contribution >= 0.6 is 0 Å². The monoisotopic (exact) mass is 336 g/mol. The van der Waals surface area contributed by atoms with Gasteiger partial charge >= 0.3 is 5.97 Å². The Labute approximate surface area is 123 Å². The third-order valence-electron chi connectivity index (χ3n) is 2.58. The van der Waals surface area contributed by atoms with Gasteiger partial charge in [-0.3, -0.25) is 0 Å². The minimum absolute atomic E-state index is 0.379. The van der Waals surface area contributed by atoms with Gasteiger partial charge in [0.2, 0.25) is 0 Å². The van der Waals surface area contributed by atoms with Crippen LogP contribution in [0.5, 0.6) is 0 Å². The van der Waals surface area contributed by atoms with Gasteiger partial charge in [0.15, 0.2) is 9.84 Å². The van der Waals surface area contributed by atoms with E-state index in [0.29, 0.717) is 0 Å². The van der Waals surface area contributed by atoms with Crippen molar-refractivity contribution in [2.24, 2.45) is 0 Å². The molecule has 0 bridgehead atoms. The summed E-state index contributed by atoms with van der Waals surface area (Å²) in [6.07, 6.45) is 0.885. The second-order valence-electron chi connectivity index (χ2n) is 4.24.